The Morgan fingerprint density at radius 1 is 1.36 bits per heavy atom. The van der Waals surface area contributed by atoms with E-state index in [-0.39, 0.29) is 24.2 Å². The van der Waals surface area contributed by atoms with Crippen molar-refractivity contribution in [1.29, 1.82) is 0 Å². The minimum atomic E-state index is -0.275. The summed E-state index contributed by atoms with van der Waals surface area (Å²) in [6.07, 6.45) is 1.17. The molecule has 2 amide bonds. The quantitative estimate of drug-likeness (QED) is 0.812. The first-order valence-electron chi connectivity index (χ1n) is 7.45. The molecule has 0 spiro atoms. The van der Waals surface area contributed by atoms with Gasteiger partial charge in [0.15, 0.2) is 0 Å². The van der Waals surface area contributed by atoms with E-state index < -0.39 is 0 Å². The number of benzene rings is 1. The average molecular weight is 324 g/mol. The minimum Gasteiger partial charge on any atom is -0.356 e. The molecule has 1 unspecified atom stereocenters. The van der Waals surface area contributed by atoms with Crippen molar-refractivity contribution in [2.24, 2.45) is 5.92 Å². The molecule has 1 heterocycles. The van der Waals surface area contributed by atoms with Crippen LogP contribution in [0, 0.1) is 5.92 Å². The zero-order valence-electron chi connectivity index (χ0n) is 13.0. The van der Waals surface area contributed by atoms with Gasteiger partial charge in [-0.05, 0) is 51.3 Å². The highest BCUT2D eigenvalue weighted by Gasteiger charge is 2.34. The molecule has 0 saturated carbocycles. The average Bonchev–Trinajstić information content (AvgIpc) is 2.86. The van der Waals surface area contributed by atoms with Crippen LogP contribution in [0.25, 0.3) is 0 Å². The van der Waals surface area contributed by atoms with Crippen molar-refractivity contribution in [2.75, 3.05) is 38.6 Å². The van der Waals surface area contributed by atoms with Gasteiger partial charge in [-0.25, -0.2) is 0 Å². The molecule has 1 aliphatic heterocycles. The van der Waals surface area contributed by atoms with Crippen molar-refractivity contribution < 1.29 is 9.59 Å². The Morgan fingerprint density at radius 3 is 2.68 bits per heavy atom. The number of carbonyl (C=O) groups excluding carboxylic acids is 2. The second kappa shape index (κ2) is 7.61. The topological polar surface area (TPSA) is 52.7 Å². The lowest BCUT2D eigenvalue weighted by atomic mass is 10.1. The largest absolute Gasteiger partial charge is 0.356 e. The van der Waals surface area contributed by atoms with Crippen molar-refractivity contribution in [3.05, 3.63) is 29.3 Å². The molecular weight excluding hydrogens is 302 g/mol. The number of hydrogen-bond donors (Lipinski definition) is 1. The van der Waals surface area contributed by atoms with Crippen LogP contribution in [-0.2, 0) is 9.59 Å². The first-order chi connectivity index (χ1) is 10.5. The molecule has 1 aromatic carbocycles. The van der Waals surface area contributed by atoms with E-state index in [1.54, 1.807) is 29.2 Å². The van der Waals surface area contributed by atoms with E-state index in [1.807, 2.05) is 14.1 Å². The Bertz CT molecular complexity index is 531. The molecule has 2 rings (SSSR count). The Hall–Kier alpha value is -1.59. The molecule has 0 aromatic heterocycles. The van der Waals surface area contributed by atoms with E-state index in [1.165, 1.54) is 0 Å². The second-order valence-electron chi connectivity index (χ2n) is 5.83. The number of halogens is 1. The van der Waals surface area contributed by atoms with Crippen LogP contribution in [0.3, 0.4) is 0 Å². The van der Waals surface area contributed by atoms with Crippen LogP contribution in [0.15, 0.2) is 24.3 Å². The molecule has 6 heteroatoms. The van der Waals surface area contributed by atoms with Gasteiger partial charge in [-0.1, -0.05) is 11.6 Å². The Balaban J connectivity index is 1.86. The first kappa shape index (κ1) is 16.8. The molecule has 5 nitrogen and oxygen atoms in total. The van der Waals surface area contributed by atoms with Gasteiger partial charge < -0.3 is 15.1 Å². The molecule has 1 N–H and O–H groups in total. The normalized spacial score (nSPS) is 18.1. The highest BCUT2D eigenvalue weighted by Crippen LogP contribution is 2.26. The summed E-state index contributed by atoms with van der Waals surface area (Å²) in [4.78, 5) is 28.0. The monoisotopic (exact) mass is 323 g/mol. The predicted octanol–water partition coefficient (Wildman–Crippen LogP) is 1.76. The molecule has 1 saturated heterocycles. The van der Waals surface area contributed by atoms with E-state index in [0.717, 1.165) is 18.7 Å². The summed E-state index contributed by atoms with van der Waals surface area (Å²) in [7, 11) is 4.00. The summed E-state index contributed by atoms with van der Waals surface area (Å²) >= 11 is 5.86. The lowest BCUT2D eigenvalue weighted by molar-refractivity contribution is -0.126. The van der Waals surface area contributed by atoms with Crippen LogP contribution in [0.4, 0.5) is 5.69 Å². The van der Waals surface area contributed by atoms with Gasteiger partial charge in [0.25, 0.3) is 0 Å². The Morgan fingerprint density at radius 2 is 2.05 bits per heavy atom. The number of anilines is 1. The second-order valence-corrected chi connectivity index (χ2v) is 6.27. The number of nitrogens with zero attached hydrogens (tertiary/aromatic N) is 2. The maximum atomic E-state index is 12.1. The Kier molecular flexibility index (Phi) is 5.80. The van der Waals surface area contributed by atoms with Crippen LogP contribution < -0.4 is 10.2 Å². The molecule has 0 radical (unpaired) electrons. The van der Waals surface area contributed by atoms with Crippen LogP contribution in [-0.4, -0.2) is 50.4 Å². The van der Waals surface area contributed by atoms with Crippen molar-refractivity contribution in [2.45, 2.75) is 12.8 Å². The third kappa shape index (κ3) is 4.45. The molecule has 1 atom stereocenters. The zero-order chi connectivity index (χ0) is 16.1. The zero-order valence-corrected chi connectivity index (χ0v) is 13.8. The van der Waals surface area contributed by atoms with E-state index >= 15 is 0 Å². The van der Waals surface area contributed by atoms with Crippen LogP contribution in [0.2, 0.25) is 5.02 Å². The molecule has 0 aliphatic carbocycles. The lowest BCUT2D eigenvalue weighted by Crippen LogP contribution is -2.34. The Labute approximate surface area is 136 Å². The van der Waals surface area contributed by atoms with Gasteiger partial charge in [-0.3, -0.25) is 9.59 Å². The third-order valence-corrected chi connectivity index (χ3v) is 3.97. The van der Waals surface area contributed by atoms with E-state index in [9.17, 15) is 9.59 Å². The van der Waals surface area contributed by atoms with Crippen LogP contribution in [0.5, 0.6) is 0 Å². The summed E-state index contributed by atoms with van der Waals surface area (Å²) in [5.41, 5.74) is 0.789. The van der Waals surface area contributed by atoms with Crippen LogP contribution >= 0.6 is 11.6 Å². The van der Waals surface area contributed by atoms with Gasteiger partial charge in [-0.2, -0.15) is 0 Å². The SMILES string of the molecule is CN(C)CCCNC(=O)C1CC(=O)N(c2ccc(Cl)cc2)C1. The maximum Gasteiger partial charge on any atom is 0.227 e. The number of amides is 2. The number of rotatable bonds is 6. The van der Waals surface area contributed by atoms with E-state index in [2.05, 4.69) is 10.2 Å². The molecule has 0 bridgehead atoms. The molecule has 120 valence electrons. The summed E-state index contributed by atoms with van der Waals surface area (Å²) in [5.74, 6) is -0.332. The first-order valence-corrected chi connectivity index (χ1v) is 7.83. The fraction of sp³-hybridized carbons (Fsp3) is 0.500. The molecular formula is C16H22ClN3O2. The summed E-state index contributed by atoms with van der Waals surface area (Å²) in [6.45, 7) is 2.00. The van der Waals surface area contributed by atoms with Gasteiger partial charge >= 0.3 is 0 Å². The standard InChI is InChI=1S/C16H22ClN3O2/c1-19(2)9-3-8-18-16(22)12-10-15(21)20(11-12)14-6-4-13(17)5-7-14/h4-7,12H,3,8-11H2,1-2H3,(H,18,22). The van der Waals surface area contributed by atoms with E-state index in [0.29, 0.717) is 18.1 Å². The van der Waals surface area contributed by atoms with Crippen molar-refractivity contribution >= 4 is 29.1 Å². The van der Waals surface area contributed by atoms with Crippen molar-refractivity contribution in [3.8, 4) is 0 Å². The number of carbonyl (C=O) groups is 2. The molecule has 1 aliphatic rings. The van der Waals surface area contributed by atoms with Crippen molar-refractivity contribution in [3.63, 3.8) is 0 Å². The third-order valence-electron chi connectivity index (χ3n) is 3.72. The number of hydrogen-bond acceptors (Lipinski definition) is 3. The molecule has 1 fully saturated rings. The van der Waals surface area contributed by atoms with E-state index in [4.69, 9.17) is 11.6 Å². The lowest BCUT2D eigenvalue weighted by Gasteiger charge is -2.17. The van der Waals surface area contributed by atoms with Gasteiger partial charge in [0.05, 0.1) is 5.92 Å². The summed E-state index contributed by atoms with van der Waals surface area (Å²) in [6, 6.07) is 7.10. The van der Waals surface area contributed by atoms with Gasteiger partial charge in [0.1, 0.15) is 0 Å². The van der Waals surface area contributed by atoms with Crippen LogP contribution in [0.1, 0.15) is 12.8 Å². The highest BCUT2D eigenvalue weighted by atomic mass is 35.5. The summed E-state index contributed by atoms with van der Waals surface area (Å²) in [5, 5.41) is 3.55. The smallest absolute Gasteiger partial charge is 0.227 e. The highest BCUT2D eigenvalue weighted by molar-refractivity contribution is 6.30. The predicted molar refractivity (Wildman–Crippen MR) is 88.1 cm³/mol. The molecule has 22 heavy (non-hydrogen) atoms. The number of nitrogens with one attached hydrogen (secondary N) is 1. The minimum absolute atomic E-state index is 0.0178. The fourth-order valence-corrected chi connectivity index (χ4v) is 2.63. The van der Waals surface area contributed by atoms with Gasteiger partial charge in [0, 0.05) is 30.2 Å². The van der Waals surface area contributed by atoms with Gasteiger partial charge in [0.2, 0.25) is 11.8 Å². The maximum absolute atomic E-state index is 12.1. The summed E-state index contributed by atoms with van der Waals surface area (Å²) < 4.78 is 0. The van der Waals surface area contributed by atoms with Gasteiger partial charge in [-0.15, -0.1) is 0 Å². The fourth-order valence-electron chi connectivity index (χ4n) is 2.50. The van der Waals surface area contributed by atoms with Crippen molar-refractivity contribution in [1.82, 2.24) is 10.2 Å². The molecule has 1 aromatic rings.